The number of carbonyl (C=O) groups is 1. The molecule has 0 saturated carbocycles. The van der Waals surface area contributed by atoms with E-state index in [0.29, 0.717) is 5.88 Å². The Morgan fingerprint density at radius 2 is 2.00 bits per heavy atom. The third-order valence-corrected chi connectivity index (χ3v) is 5.40. The summed E-state index contributed by atoms with van der Waals surface area (Å²) in [5.74, 6) is 0.721. The van der Waals surface area contributed by atoms with Crippen molar-refractivity contribution in [1.29, 1.82) is 0 Å². The summed E-state index contributed by atoms with van der Waals surface area (Å²) in [6.07, 6.45) is 3.68. The Morgan fingerprint density at radius 3 is 2.59 bits per heavy atom. The van der Waals surface area contributed by atoms with Crippen LogP contribution in [0.3, 0.4) is 0 Å². The number of hydrogen-bond acceptors (Lipinski definition) is 5. The molecule has 7 heteroatoms. The number of anilines is 1. The van der Waals surface area contributed by atoms with Crippen molar-refractivity contribution in [3.05, 3.63) is 35.3 Å². The van der Waals surface area contributed by atoms with Gasteiger partial charge in [-0.1, -0.05) is 6.07 Å². The first-order valence-electron chi connectivity index (χ1n) is 9.50. The number of aryl methyl sites for hydroxylation is 3. The van der Waals surface area contributed by atoms with Crippen LogP contribution in [0.1, 0.15) is 36.7 Å². The van der Waals surface area contributed by atoms with Crippen molar-refractivity contribution >= 4 is 11.6 Å². The number of aromatic nitrogens is 3. The van der Waals surface area contributed by atoms with Gasteiger partial charge in [0.15, 0.2) is 0 Å². The molecule has 1 saturated heterocycles. The number of carbonyl (C=O) groups excluding carboxylic acids is 1. The van der Waals surface area contributed by atoms with Gasteiger partial charge in [0.25, 0.3) is 0 Å². The molecule has 2 aromatic rings. The number of nitrogens with one attached hydrogen (secondary N) is 1. The van der Waals surface area contributed by atoms with Crippen LogP contribution in [0.4, 0.5) is 5.69 Å². The first kappa shape index (κ1) is 19.4. The number of rotatable bonds is 5. The molecule has 0 bridgehead atoms. The van der Waals surface area contributed by atoms with Gasteiger partial charge < -0.3 is 10.1 Å². The Morgan fingerprint density at radius 1 is 1.30 bits per heavy atom. The number of hydrogen-bond donors (Lipinski definition) is 1. The zero-order chi connectivity index (χ0) is 19.6. The zero-order valence-electron chi connectivity index (χ0n) is 16.8. The van der Waals surface area contributed by atoms with Crippen molar-refractivity contribution in [2.24, 2.45) is 7.05 Å². The SMILES string of the molecule is Cc1cccnc1OC1CCN(C(C)C(=O)Nc2c(C)nn(C)c2C)CC1. The van der Waals surface area contributed by atoms with Gasteiger partial charge in [0, 0.05) is 31.9 Å². The van der Waals surface area contributed by atoms with E-state index in [2.05, 4.69) is 20.3 Å². The summed E-state index contributed by atoms with van der Waals surface area (Å²) in [6.45, 7) is 9.50. The maximum absolute atomic E-state index is 12.7. The number of likely N-dealkylation sites (tertiary alicyclic amines) is 1. The van der Waals surface area contributed by atoms with Gasteiger partial charge in [-0.05, 0) is 46.6 Å². The van der Waals surface area contributed by atoms with Gasteiger partial charge in [-0.2, -0.15) is 5.10 Å². The molecular formula is C20H29N5O2. The molecule has 0 radical (unpaired) electrons. The molecule has 0 aliphatic carbocycles. The summed E-state index contributed by atoms with van der Waals surface area (Å²) < 4.78 is 7.84. The molecule has 2 aromatic heterocycles. The predicted molar refractivity (Wildman–Crippen MR) is 105 cm³/mol. The molecule has 3 rings (SSSR count). The van der Waals surface area contributed by atoms with E-state index >= 15 is 0 Å². The second-order valence-electron chi connectivity index (χ2n) is 7.31. The maximum Gasteiger partial charge on any atom is 0.241 e. The summed E-state index contributed by atoms with van der Waals surface area (Å²) in [7, 11) is 1.88. The first-order valence-corrected chi connectivity index (χ1v) is 9.50. The van der Waals surface area contributed by atoms with Crippen LogP contribution >= 0.6 is 0 Å². The van der Waals surface area contributed by atoms with Crippen molar-refractivity contribution in [2.45, 2.75) is 52.7 Å². The quantitative estimate of drug-likeness (QED) is 0.875. The highest BCUT2D eigenvalue weighted by Gasteiger charge is 2.28. The van der Waals surface area contributed by atoms with E-state index in [9.17, 15) is 4.79 Å². The standard InChI is InChI=1S/C20H29N5O2/c1-13-7-6-10-21-20(13)27-17-8-11-25(12-9-17)16(4)19(26)22-18-14(2)23-24(5)15(18)3/h6-7,10,16-17H,8-9,11-12H2,1-5H3,(H,22,26). The average Bonchev–Trinajstić information content (AvgIpc) is 2.89. The van der Waals surface area contributed by atoms with Gasteiger partial charge in [0.05, 0.1) is 23.1 Å². The molecular weight excluding hydrogens is 342 g/mol. The lowest BCUT2D eigenvalue weighted by Gasteiger charge is -2.35. The van der Waals surface area contributed by atoms with Gasteiger partial charge >= 0.3 is 0 Å². The molecule has 1 N–H and O–H groups in total. The highest BCUT2D eigenvalue weighted by molar-refractivity contribution is 5.95. The smallest absolute Gasteiger partial charge is 0.241 e. The molecule has 1 aliphatic rings. The summed E-state index contributed by atoms with van der Waals surface area (Å²) in [4.78, 5) is 19.2. The fraction of sp³-hybridized carbons (Fsp3) is 0.550. The molecule has 146 valence electrons. The normalized spacial score (nSPS) is 16.9. The second kappa shape index (κ2) is 8.08. The molecule has 7 nitrogen and oxygen atoms in total. The minimum Gasteiger partial charge on any atom is -0.474 e. The molecule has 0 aromatic carbocycles. The number of pyridine rings is 1. The topological polar surface area (TPSA) is 72.3 Å². The Hall–Kier alpha value is -2.41. The summed E-state index contributed by atoms with van der Waals surface area (Å²) in [6, 6.07) is 3.73. The van der Waals surface area contributed by atoms with Crippen molar-refractivity contribution in [3.8, 4) is 5.88 Å². The number of piperidine rings is 1. The zero-order valence-corrected chi connectivity index (χ0v) is 16.8. The van der Waals surface area contributed by atoms with Crippen LogP contribution in [-0.4, -0.2) is 50.8 Å². The van der Waals surface area contributed by atoms with E-state index in [0.717, 1.165) is 48.6 Å². The first-order chi connectivity index (χ1) is 12.9. The van der Waals surface area contributed by atoms with Gasteiger partial charge in [0.1, 0.15) is 6.10 Å². The molecule has 1 fully saturated rings. The number of ether oxygens (including phenoxy) is 1. The third kappa shape index (κ3) is 4.30. The fourth-order valence-corrected chi connectivity index (χ4v) is 3.48. The van der Waals surface area contributed by atoms with Crippen LogP contribution in [0.2, 0.25) is 0 Å². The lowest BCUT2D eigenvalue weighted by Crippen LogP contribution is -2.48. The van der Waals surface area contributed by atoms with Crippen LogP contribution in [0.15, 0.2) is 18.3 Å². The second-order valence-corrected chi connectivity index (χ2v) is 7.31. The van der Waals surface area contributed by atoms with Crippen LogP contribution in [0, 0.1) is 20.8 Å². The minimum absolute atomic E-state index is 0.00846. The average molecular weight is 371 g/mol. The minimum atomic E-state index is -0.193. The number of amides is 1. The molecule has 1 aliphatic heterocycles. The number of nitrogens with zero attached hydrogens (tertiary/aromatic N) is 4. The highest BCUT2D eigenvalue weighted by atomic mass is 16.5. The fourth-order valence-electron chi connectivity index (χ4n) is 3.48. The lowest BCUT2D eigenvalue weighted by atomic mass is 10.1. The highest BCUT2D eigenvalue weighted by Crippen LogP contribution is 2.22. The van der Waals surface area contributed by atoms with E-state index in [1.807, 2.05) is 46.9 Å². The van der Waals surface area contributed by atoms with Gasteiger partial charge in [-0.25, -0.2) is 4.98 Å². The molecule has 1 unspecified atom stereocenters. The maximum atomic E-state index is 12.7. The van der Waals surface area contributed by atoms with E-state index in [1.165, 1.54) is 0 Å². The summed E-state index contributed by atoms with van der Waals surface area (Å²) in [5.41, 5.74) is 3.67. The van der Waals surface area contributed by atoms with E-state index in [-0.39, 0.29) is 18.1 Å². The Kier molecular flexibility index (Phi) is 5.79. The van der Waals surface area contributed by atoms with Crippen LogP contribution < -0.4 is 10.1 Å². The Labute approximate surface area is 160 Å². The van der Waals surface area contributed by atoms with Crippen LogP contribution in [0.5, 0.6) is 5.88 Å². The monoisotopic (exact) mass is 371 g/mol. The van der Waals surface area contributed by atoms with Gasteiger partial charge in [0.2, 0.25) is 11.8 Å². The molecule has 27 heavy (non-hydrogen) atoms. The third-order valence-electron chi connectivity index (χ3n) is 5.40. The molecule has 0 spiro atoms. The van der Waals surface area contributed by atoms with Crippen molar-refractivity contribution in [2.75, 3.05) is 18.4 Å². The van der Waals surface area contributed by atoms with E-state index < -0.39 is 0 Å². The van der Waals surface area contributed by atoms with Gasteiger partial charge in [-0.3, -0.25) is 14.4 Å². The Bertz CT molecular complexity index is 809. The van der Waals surface area contributed by atoms with Gasteiger partial charge in [-0.15, -0.1) is 0 Å². The van der Waals surface area contributed by atoms with Crippen molar-refractivity contribution in [3.63, 3.8) is 0 Å². The van der Waals surface area contributed by atoms with Crippen LogP contribution in [0.25, 0.3) is 0 Å². The summed E-state index contributed by atoms with van der Waals surface area (Å²) >= 11 is 0. The largest absolute Gasteiger partial charge is 0.474 e. The Balaban J connectivity index is 1.54. The summed E-state index contributed by atoms with van der Waals surface area (Å²) in [5, 5.41) is 7.41. The predicted octanol–water partition coefficient (Wildman–Crippen LogP) is 2.61. The lowest BCUT2D eigenvalue weighted by molar-refractivity contribution is -0.121. The van der Waals surface area contributed by atoms with Crippen molar-refractivity contribution in [1.82, 2.24) is 19.7 Å². The van der Waals surface area contributed by atoms with Crippen molar-refractivity contribution < 1.29 is 9.53 Å². The molecule has 1 amide bonds. The molecule has 1 atom stereocenters. The molecule has 3 heterocycles. The van der Waals surface area contributed by atoms with Crippen LogP contribution in [-0.2, 0) is 11.8 Å². The van der Waals surface area contributed by atoms with E-state index in [4.69, 9.17) is 4.74 Å². The van der Waals surface area contributed by atoms with E-state index in [1.54, 1.807) is 10.9 Å².